The fraction of sp³-hybridized carbons (Fsp3) is 0.679. The van der Waals surface area contributed by atoms with Crippen molar-refractivity contribution in [2.45, 2.75) is 84.0 Å². The Bertz CT molecular complexity index is 1240. The molecule has 4 aliphatic rings. The highest BCUT2D eigenvalue weighted by molar-refractivity contribution is 5.98. The number of aromatic nitrogens is 2. The van der Waals surface area contributed by atoms with Crippen LogP contribution >= 0.6 is 0 Å². The number of nitrogens with one attached hydrogen (secondary N) is 3. The molecule has 2 aliphatic heterocycles. The maximum Gasteiger partial charge on any atom is 0.272 e. The molecule has 3 heterocycles. The van der Waals surface area contributed by atoms with Crippen LogP contribution < -0.4 is 21.7 Å². The fourth-order valence-electron chi connectivity index (χ4n) is 6.69. The highest BCUT2D eigenvalue weighted by Crippen LogP contribution is 2.65. The zero-order valence-electron chi connectivity index (χ0n) is 23.7. The van der Waals surface area contributed by atoms with Gasteiger partial charge in [-0.25, -0.2) is 4.98 Å². The zero-order valence-corrected chi connectivity index (χ0v) is 23.7. The summed E-state index contributed by atoms with van der Waals surface area (Å²) in [6.07, 6.45) is 6.75. The van der Waals surface area contributed by atoms with E-state index in [0.29, 0.717) is 13.0 Å². The standard InChI is InChI=1S/C28H39N7O5/c1-26(2,3)20(33-23(38)17-12-30-8-9-31-17)25(40)35-13-15-18(27(15,4)5)19(35)24(39)32-16(21(29)36)10-14-11-28(6-7-28)34-22(14)37/h8-9,12,14-16,18-20H,6-7,10-11,13H2,1-5H3,(H2,29,36)(H,32,39)(H,33,38)(H,34,37)/t14-,15?,16+,18?,19?,20-/m1/s1. The summed E-state index contributed by atoms with van der Waals surface area (Å²) in [6.45, 7) is 9.99. The van der Waals surface area contributed by atoms with Crippen LogP contribution in [0.5, 0.6) is 0 Å². The lowest BCUT2D eigenvalue weighted by Gasteiger charge is -2.37. The molecule has 12 nitrogen and oxygen atoms in total. The average molecular weight is 554 g/mol. The Labute approximate surface area is 233 Å². The molecular formula is C28H39N7O5. The lowest BCUT2D eigenvalue weighted by atomic mass is 9.85. The van der Waals surface area contributed by atoms with Gasteiger partial charge in [-0.1, -0.05) is 34.6 Å². The molecule has 2 saturated carbocycles. The summed E-state index contributed by atoms with van der Waals surface area (Å²) >= 11 is 0. The molecule has 5 N–H and O–H groups in total. The maximum absolute atomic E-state index is 14.0. The number of piperidine rings is 1. The average Bonchev–Trinajstić information content (AvgIpc) is 3.60. The molecule has 12 heteroatoms. The molecular weight excluding hydrogens is 514 g/mol. The Morgan fingerprint density at radius 2 is 1.88 bits per heavy atom. The molecule has 0 aromatic carbocycles. The van der Waals surface area contributed by atoms with Gasteiger partial charge < -0.3 is 26.6 Å². The van der Waals surface area contributed by atoms with E-state index in [1.54, 1.807) is 0 Å². The number of fused-ring (bicyclic) bond motifs is 1. The van der Waals surface area contributed by atoms with Crippen LogP contribution in [-0.4, -0.2) is 74.6 Å². The minimum Gasteiger partial charge on any atom is -0.368 e. The van der Waals surface area contributed by atoms with Gasteiger partial charge in [0.2, 0.25) is 23.6 Å². The first kappa shape index (κ1) is 28.0. The summed E-state index contributed by atoms with van der Waals surface area (Å²) in [6, 6.07) is -2.81. The van der Waals surface area contributed by atoms with Crippen molar-refractivity contribution >= 4 is 29.5 Å². The molecule has 40 heavy (non-hydrogen) atoms. The first-order valence-corrected chi connectivity index (χ1v) is 13.9. The number of hydrogen-bond acceptors (Lipinski definition) is 7. The predicted octanol–water partition coefficient (Wildman–Crippen LogP) is 0.133. The van der Waals surface area contributed by atoms with Crippen LogP contribution in [0.15, 0.2) is 18.6 Å². The zero-order chi connectivity index (χ0) is 29.2. The van der Waals surface area contributed by atoms with Crippen LogP contribution in [0.3, 0.4) is 0 Å². The molecule has 1 spiro atoms. The van der Waals surface area contributed by atoms with Gasteiger partial charge >= 0.3 is 0 Å². The number of rotatable bonds is 8. The quantitative estimate of drug-likeness (QED) is 0.354. The van der Waals surface area contributed by atoms with E-state index in [1.807, 2.05) is 20.8 Å². The molecule has 1 aromatic rings. The second-order valence-electron chi connectivity index (χ2n) is 13.6. The van der Waals surface area contributed by atoms with Gasteiger partial charge in [-0.3, -0.25) is 29.0 Å². The SMILES string of the molecule is CC1(C)C2CN(C(=O)[C@@H](NC(=O)c3cnccn3)C(C)(C)C)C(C(=O)N[C@@H](C[C@@H]3CC4(CC4)NC3=O)C(N)=O)C21. The number of likely N-dealkylation sites (tertiary alicyclic amines) is 1. The number of carbonyl (C=O) groups is 5. The van der Waals surface area contributed by atoms with Crippen LogP contribution in [0.25, 0.3) is 0 Å². The van der Waals surface area contributed by atoms with Crippen molar-refractivity contribution in [3.05, 3.63) is 24.3 Å². The smallest absolute Gasteiger partial charge is 0.272 e. The molecule has 0 radical (unpaired) electrons. The van der Waals surface area contributed by atoms with E-state index in [0.717, 1.165) is 12.8 Å². The molecule has 2 saturated heterocycles. The van der Waals surface area contributed by atoms with E-state index < -0.39 is 47.2 Å². The van der Waals surface area contributed by atoms with Gasteiger partial charge in [0.1, 0.15) is 23.8 Å². The van der Waals surface area contributed by atoms with Crippen molar-refractivity contribution in [1.29, 1.82) is 0 Å². The summed E-state index contributed by atoms with van der Waals surface area (Å²) < 4.78 is 0. The van der Waals surface area contributed by atoms with Crippen molar-refractivity contribution in [2.24, 2.45) is 34.3 Å². The van der Waals surface area contributed by atoms with E-state index in [-0.39, 0.29) is 46.7 Å². The number of carbonyl (C=O) groups excluding carboxylic acids is 5. The summed E-state index contributed by atoms with van der Waals surface area (Å²) in [5.74, 6) is -2.64. The summed E-state index contributed by atoms with van der Waals surface area (Å²) in [7, 11) is 0. The first-order chi connectivity index (χ1) is 18.6. The van der Waals surface area contributed by atoms with Crippen LogP contribution in [0, 0.1) is 28.6 Å². The van der Waals surface area contributed by atoms with Crippen molar-refractivity contribution in [3.63, 3.8) is 0 Å². The minimum atomic E-state index is -1.04. The predicted molar refractivity (Wildman–Crippen MR) is 143 cm³/mol. The summed E-state index contributed by atoms with van der Waals surface area (Å²) in [4.78, 5) is 75.1. The van der Waals surface area contributed by atoms with Gasteiger partial charge in [-0.05, 0) is 48.3 Å². The largest absolute Gasteiger partial charge is 0.368 e. The third kappa shape index (κ3) is 5.03. The Kier molecular flexibility index (Phi) is 6.66. The van der Waals surface area contributed by atoms with Crippen LogP contribution in [0.2, 0.25) is 0 Å². The normalized spacial score (nSPS) is 28.7. The Morgan fingerprint density at radius 1 is 1.18 bits per heavy atom. The van der Waals surface area contributed by atoms with Crippen LogP contribution in [0.1, 0.15) is 70.8 Å². The van der Waals surface area contributed by atoms with Crippen LogP contribution in [-0.2, 0) is 19.2 Å². The minimum absolute atomic E-state index is 0.0810. The maximum atomic E-state index is 14.0. The number of nitrogens with two attached hydrogens (primary N) is 1. The van der Waals surface area contributed by atoms with Crippen molar-refractivity contribution in [3.8, 4) is 0 Å². The fourth-order valence-corrected chi connectivity index (χ4v) is 6.69. The first-order valence-electron chi connectivity index (χ1n) is 13.9. The molecule has 2 aliphatic carbocycles. The van der Waals surface area contributed by atoms with Gasteiger partial charge in [0.05, 0.1) is 6.20 Å². The number of primary amides is 1. The van der Waals surface area contributed by atoms with E-state index >= 15 is 0 Å². The highest BCUT2D eigenvalue weighted by Gasteiger charge is 2.70. The topological polar surface area (TPSA) is 176 Å². The number of nitrogens with zero attached hydrogens (tertiary/aromatic N) is 3. The molecule has 5 amide bonds. The van der Waals surface area contributed by atoms with E-state index in [4.69, 9.17) is 5.73 Å². The van der Waals surface area contributed by atoms with Gasteiger partial charge in [0.15, 0.2) is 0 Å². The number of amides is 5. The van der Waals surface area contributed by atoms with Crippen LogP contribution in [0.4, 0.5) is 0 Å². The van der Waals surface area contributed by atoms with Crippen molar-refractivity contribution < 1.29 is 24.0 Å². The van der Waals surface area contributed by atoms with Gasteiger partial charge in [-0.15, -0.1) is 0 Å². The van der Waals surface area contributed by atoms with E-state index in [2.05, 4.69) is 39.8 Å². The van der Waals surface area contributed by atoms with Gasteiger partial charge in [0.25, 0.3) is 5.91 Å². The molecule has 0 bridgehead atoms. The second-order valence-corrected chi connectivity index (χ2v) is 13.6. The summed E-state index contributed by atoms with van der Waals surface area (Å²) in [5.41, 5.74) is 4.75. The highest BCUT2D eigenvalue weighted by atomic mass is 16.2. The molecule has 6 atom stereocenters. The third-order valence-corrected chi connectivity index (χ3v) is 9.37. The Morgan fingerprint density at radius 3 is 2.42 bits per heavy atom. The molecule has 216 valence electrons. The lowest BCUT2D eigenvalue weighted by Crippen LogP contribution is -2.60. The third-order valence-electron chi connectivity index (χ3n) is 9.37. The van der Waals surface area contributed by atoms with Gasteiger partial charge in [0, 0.05) is 30.4 Å². The Hall–Kier alpha value is -3.57. The molecule has 3 unspecified atom stereocenters. The summed E-state index contributed by atoms with van der Waals surface area (Å²) in [5, 5.41) is 8.60. The number of hydrogen-bond donors (Lipinski definition) is 4. The van der Waals surface area contributed by atoms with E-state index in [1.165, 1.54) is 23.5 Å². The molecule has 1 aromatic heterocycles. The van der Waals surface area contributed by atoms with Crippen molar-refractivity contribution in [2.75, 3.05) is 6.54 Å². The Balaban J connectivity index is 1.34. The second kappa shape index (κ2) is 9.52. The molecule has 4 fully saturated rings. The monoisotopic (exact) mass is 553 g/mol. The van der Waals surface area contributed by atoms with Crippen molar-refractivity contribution in [1.82, 2.24) is 30.8 Å². The lowest BCUT2D eigenvalue weighted by molar-refractivity contribution is -0.144. The van der Waals surface area contributed by atoms with Gasteiger partial charge in [-0.2, -0.15) is 0 Å². The molecule has 5 rings (SSSR count). The van der Waals surface area contributed by atoms with E-state index in [9.17, 15) is 24.0 Å².